The molecule has 0 amide bonds. The van der Waals surface area contributed by atoms with Gasteiger partial charge < -0.3 is 28.4 Å². The fraction of sp³-hybridized carbons (Fsp3) is 0.475. The van der Waals surface area contributed by atoms with Crippen molar-refractivity contribution < 1.29 is 47.6 Å². The van der Waals surface area contributed by atoms with E-state index in [1.165, 1.54) is 128 Å². The Kier molecular flexibility index (Phi) is 29.7. The van der Waals surface area contributed by atoms with Crippen LogP contribution in [0.4, 0.5) is 0 Å². The lowest BCUT2D eigenvalue weighted by atomic mass is 10.1. The molecule has 0 atom stereocenters. The van der Waals surface area contributed by atoms with E-state index in [4.69, 9.17) is 28.4 Å². The van der Waals surface area contributed by atoms with Crippen molar-refractivity contribution in [3.63, 3.8) is 0 Å². The van der Waals surface area contributed by atoms with Gasteiger partial charge >= 0.3 is 23.9 Å². The first-order valence-electron chi connectivity index (χ1n) is 26.6. The average Bonchev–Trinajstić information content (AvgIpc) is 3.39. The van der Waals surface area contributed by atoms with Crippen LogP contribution in [0, 0.1) is 0 Å². The molecular weight excluding hydrogens is 893 g/mol. The van der Waals surface area contributed by atoms with Crippen molar-refractivity contribution in [1.82, 2.24) is 0 Å². The molecule has 10 nitrogen and oxygen atoms in total. The van der Waals surface area contributed by atoms with Gasteiger partial charge in [0.15, 0.2) is 0 Å². The molecule has 4 aromatic carbocycles. The molecule has 0 aliphatic rings. The van der Waals surface area contributed by atoms with Crippen LogP contribution in [0.2, 0.25) is 0 Å². The number of ether oxygens (including phenoxy) is 6. The van der Waals surface area contributed by atoms with E-state index in [0.717, 1.165) is 35.5 Å². The summed E-state index contributed by atoms with van der Waals surface area (Å²) in [6, 6.07) is 27.6. The second-order valence-corrected chi connectivity index (χ2v) is 18.1. The van der Waals surface area contributed by atoms with Gasteiger partial charge in [0.25, 0.3) is 0 Å². The van der Waals surface area contributed by atoms with E-state index < -0.39 is 23.9 Å². The van der Waals surface area contributed by atoms with Gasteiger partial charge in [-0.3, -0.25) is 0 Å². The maximum absolute atomic E-state index is 12.6. The highest BCUT2D eigenvalue weighted by molar-refractivity contribution is 5.91. The lowest BCUT2D eigenvalue weighted by Crippen LogP contribution is -2.09. The van der Waals surface area contributed by atoms with Crippen molar-refractivity contribution in [3.8, 4) is 23.0 Å². The second-order valence-electron chi connectivity index (χ2n) is 18.1. The van der Waals surface area contributed by atoms with Crippen LogP contribution in [0.5, 0.6) is 23.0 Å². The predicted octanol–water partition coefficient (Wildman–Crippen LogP) is 15.7. The molecule has 0 saturated carbocycles. The molecule has 0 unspecified atom stereocenters. The maximum atomic E-state index is 12.6. The van der Waals surface area contributed by atoms with Crippen LogP contribution in [0.3, 0.4) is 0 Å². The summed E-state index contributed by atoms with van der Waals surface area (Å²) in [6.45, 7) is 6.31. The van der Waals surface area contributed by atoms with Gasteiger partial charge in [-0.25, -0.2) is 19.2 Å². The first-order chi connectivity index (χ1) is 34.8. The zero-order valence-electron chi connectivity index (χ0n) is 42.7. The molecule has 0 saturated heterocycles. The van der Waals surface area contributed by atoms with Crippen molar-refractivity contribution in [2.24, 2.45) is 0 Å². The molecule has 4 aromatic rings. The Balaban J connectivity index is 0.995. The van der Waals surface area contributed by atoms with Crippen molar-refractivity contribution in [1.29, 1.82) is 0 Å². The van der Waals surface area contributed by atoms with Crippen molar-refractivity contribution in [2.75, 3.05) is 26.4 Å². The molecule has 0 bridgehead atoms. The van der Waals surface area contributed by atoms with Gasteiger partial charge in [0.05, 0.1) is 37.6 Å². The van der Waals surface area contributed by atoms with Gasteiger partial charge in [-0.15, -0.1) is 0 Å². The van der Waals surface area contributed by atoms with E-state index in [0.29, 0.717) is 55.1 Å². The number of benzene rings is 4. The monoisotopic (exact) mass is 973 g/mol. The van der Waals surface area contributed by atoms with Crippen LogP contribution in [0.25, 0.3) is 12.2 Å². The van der Waals surface area contributed by atoms with E-state index in [9.17, 15) is 19.2 Å². The predicted molar refractivity (Wildman–Crippen MR) is 284 cm³/mol. The fourth-order valence-corrected chi connectivity index (χ4v) is 7.73. The standard InChI is InChI=1S/C61H80O10/c1-3-5-7-9-11-13-15-17-19-22-46-66-54-36-26-50(27-37-54)30-44-58(62)70-56-40-32-52(33-41-56)60(64)68-48-24-21-25-49-69-61(65)53-34-42-57(43-35-53)71-59(63)45-31-51-28-38-55(39-29-51)67-47-23-20-18-16-14-12-10-8-6-4-2/h26-45H,3-25,46-49H2,1-2H3/b44-30+,45-31+. The van der Waals surface area contributed by atoms with Gasteiger partial charge in [-0.1, -0.05) is 154 Å². The highest BCUT2D eigenvalue weighted by atomic mass is 16.5. The number of carbonyl (C=O) groups excluding carboxylic acids is 4. The van der Waals surface area contributed by atoms with Gasteiger partial charge in [0, 0.05) is 12.2 Å². The molecule has 0 aromatic heterocycles. The molecule has 0 spiro atoms. The van der Waals surface area contributed by atoms with Crippen LogP contribution in [0.15, 0.2) is 109 Å². The number of hydrogen-bond donors (Lipinski definition) is 0. The number of unbranched alkanes of at least 4 members (excludes halogenated alkanes) is 20. The third-order valence-electron chi connectivity index (χ3n) is 12.0. The van der Waals surface area contributed by atoms with Crippen LogP contribution in [-0.2, 0) is 19.1 Å². The molecule has 0 aliphatic carbocycles. The number of hydrogen-bond acceptors (Lipinski definition) is 10. The summed E-state index contributed by atoms with van der Waals surface area (Å²) in [4.78, 5) is 50.0. The summed E-state index contributed by atoms with van der Waals surface area (Å²) in [5.74, 6) is 0.188. The molecule has 0 radical (unpaired) electrons. The Morgan fingerprint density at radius 2 is 0.620 bits per heavy atom. The van der Waals surface area contributed by atoms with E-state index in [1.807, 2.05) is 48.5 Å². The smallest absolute Gasteiger partial charge is 0.338 e. The molecule has 384 valence electrons. The van der Waals surface area contributed by atoms with E-state index in [-0.39, 0.29) is 13.2 Å². The van der Waals surface area contributed by atoms with Crippen LogP contribution in [0.1, 0.15) is 193 Å². The Morgan fingerprint density at radius 3 is 0.958 bits per heavy atom. The molecule has 4 rings (SSSR count). The van der Waals surface area contributed by atoms with Crippen molar-refractivity contribution >= 4 is 36.0 Å². The second kappa shape index (κ2) is 36.7. The zero-order valence-corrected chi connectivity index (χ0v) is 42.7. The molecular formula is C61H80O10. The Bertz CT molecular complexity index is 1970. The minimum Gasteiger partial charge on any atom is -0.494 e. The summed E-state index contributed by atoms with van der Waals surface area (Å²) in [5.41, 5.74) is 2.36. The SMILES string of the molecule is CCCCCCCCCCCCOc1ccc(/C=C/C(=O)Oc2ccc(C(=O)OCCCCCOC(=O)c3ccc(OC(=O)/C=C/c4ccc(OCCCCCCCCCCCC)cc4)cc3)cc2)cc1. The summed E-state index contributed by atoms with van der Waals surface area (Å²) >= 11 is 0. The molecule has 10 heteroatoms. The molecule has 0 aliphatic heterocycles. The molecule has 71 heavy (non-hydrogen) atoms. The lowest BCUT2D eigenvalue weighted by molar-refractivity contribution is -0.129. The largest absolute Gasteiger partial charge is 0.494 e. The van der Waals surface area contributed by atoms with Gasteiger partial charge in [0.2, 0.25) is 0 Å². The molecule has 0 N–H and O–H groups in total. The first kappa shape index (κ1) is 57.4. The normalized spacial score (nSPS) is 11.2. The number of rotatable bonds is 38. The lowest BCUT2D eigenvalue weighted by Gasteiger charge is -2.07. The maximum Gasteiger partial charge on any atom is 0.338 e. The Hall–Kier alpha value is -6.16. The van der Waals surface area contributed by atoms with Crippen LogP contribution in [-0.4, -0.2) is 50.3 Å². The number of esters is 4. The van der Waals surface area contributed by atoms with Gasteiger partial charge in [-0.2, -0.15) is 0 Å². The molecule has 0 heterocycles. The summed E-state index contributed by atoms with van der Waals surface area (Å²) in [5, 5.41) is 0. The Labute approximate surface area is 424 Å². The fourth-order valence-electron chi connectivity index (χ4n) is 7.73. The number of carbonyl (C=O) groups is 4. The van der Waals surface area contributed by atoms with Crippen LogP contribution < -0.4 is 18.9 Å². The minimum absolute atomic E-state index is 0.205. The summed E-state index contributed by atoms with van der Waals surface area (Å²) in [6.07, 6.45) is 33.7. The van der Waals surface area contributed by atoms with E-state index in [1.54, 1.807) is 60.7 Å². The average molecular weight is 973 g/mol. The third-order valence-corrected chi connectivity index (χ3v) is 12.0. The van der Waals surface area contributed by atoms with E-state index >= 15 is 0 Å². The highest BCUT2D eigenvalue weighted by Gasteiger charge is 2.11. The topological polar surface area (TPSA) is 124 Å². The van der Waals surface area contributed by atoms with Crippen LogP contribution >= 0.6 is 0 Å². The van der Waals surface area contributed by atoms with E-state index in [2.05, 4.69) is 13.8 Å². The van der Waals surface area contributed by atoms with Crippen molar-refractivity contribution in [3.05, 3.63) is 131 Å². The highest BCUT2D eigenvalue weighted by Crippen LogP contribution is 2.20. The summed E-state index contributed by atoms with van der Waals surface area (Å²) < 4.78 is 33.4. The minimum atomic E-state index is -0.537. The van der Waals surface area contributed by atoms with Gasteiger partial charge in [0.1, 0.15) is 23.0 Å². The summed E-state index contributed by atoms with van der Waals surface area (Å²) in [7, 11) is 0. The zero-order chi connectivity index (χ0) is 50.4. The Morgan fingerprint density at radius 1 is 0.338 bits per heavy atom. The van der Waals surface area contributed by atoms with Crippen molar-refractivity contribution in [2.45, 2.75) is 162 Å². The third kappa shape index (κ3) is 26.6. The van der Waals surface area contributed by atoms with Gasteiger partial charge in [-0.05, 0) is 128 Å². The quantitative estimate of drug-likeness (QED) is 0.0186. The molecule has 0 fully saturated rings. The first-order valence-corrected chi connectivity index (χ1v) is 26.6.